The summed E-state index contributed by atoms with van der Waals surface area (Å²) in [4.78, 5) is 34.8. The third-order valence-corrected chi connectivity index (χ3v) is 7.67. The van der Waals surface area contributed by atoms with E-state index < -0.39 is 6.04 Å². The van der Waals surface area contributed by atoms with E-state index in [0.717, 1.165) is 44.9 Å². The Morgan fingerprint density at radius 2 is 1.82 bits per heavy atom. The minimum Gasteiger partial charge on any atom is -0.495 e. The molecule has 1 atom stereocenters. The van der Waals surface area contributed by atoms with E-state index in [9.17, 15) is 9.59 Å². The molecule has 39 heavy (non-hydrogen) atoms. The monoisotopic (exact) mass is 573 g/mol. The maximum atomic E-state index is 13.7. The van der Waals surface area contributed by atoms with E-state index >= 15 is 0 Å². The number of carbonyl (C=O) groups is 2. The number of nitrogens with zero attached hydrogens (tertiary/aromatic N) is 4. The molecule has 2 aliphatic rings. The van der Waals surface area contributed by atoms with Crippen molar-refractivity contribution in [3.8, 4) is 11.5 Å². The maximum Gasteiger partial charge on any atom is 0.256 e. The van der Waals surface area contributed by atoms with Gasteiger partial charge in [0.05, 0.1) is 30.8 Å². The quantitative estimate of drug-likeness (QED) is 0.408. The fourth-order valence-corrected chi connectivity index (χ4v) is 5.35. The third kappa shape index (κ3) is 7.19. The SMILES string of the molecule is CCCOc1ccc(NC(=O)CC2C(=O)N(c3ccc(OC)c(Cl)c3)C(=S)N2CCN2CCN(C)CC2)cc1. The molecule has 210 valence electrons. The number of thiocarbonyl (C=S) groups is 1. The summed E-state index contributed by atoms with van der Waals surface area (Å²) < 4.78 is 10.9. The minimum atomic E-state index is -0.724. The molecule has 2 aromatic carbocycles. The molecule has 2 amide bonds. The van der Waals surface area contributed by atoms with E-state index in [1.165, 1.54) is 12.0 Å². The van der Waals surface area contributed by atoms with Crippen LogP contribution in [0.2, 0.25) is 5.02 Å². The third-order valence-electron chi connectivity index (χ3n) is 6.95. The van der Waals surface area contributed by atoms with Gasteiger partial charge < -0.3 is 24.6 Å². The molecule has 4 rings (SSSR count). The van der Waals surface area contributed by atoms with Gasteiger partial charge in [-0.3, -0.25) is 19.4 Å². The normalized spacial score (nSPS) is 18.5. The van der Waals surface area contributed by atoms with Crippen LogP contribution in [-0.4, -0.2) is 97.7 Å². The lowest BCUT2D eigenvalue weighted by Crippen LogP contribution is -2.48. The molecule has 0 spiro atoms. The molecule has 0 aliphatic carbocycles. The van der Waals surface area contributed by atoms with E-state index in [1.807, 2.05) is 24.0 Å². The first-order chi connectivity index (χ1) is 18.8. The fourth-order valence-electron chi connectivity index (χ4n) is 4.68. The van der Waals surface area contributed by atoms with Crippen LogP contribution in [0.25, 0.3) is 0 Å². The van der Waals surface area contributed by atoms with Crippen molar-refractivity contribution < 1.29 is 19.1 Å². The second-order valence-electron chi connectivity index (χ2n) is 9.75. The lowest BCUT2D eigenvalue weighted by molar-refractivity contribution is -0.124. The first kappa shape index (κ1) is 29.1. The maximum absolute atomic E-state index is 13.7. The standard InChI is InChI=1S/C28H36ClN5O4S/c1-4-17-38-22-8-5-20(6-9-22)30-26(35)19-24-27(36)34(21-7-10-25(37-3)23(29)18-21)28(39)33(24)16-15-32-13-11-31(2)12-14-32/h5-10,18,24H,4,11-17,19H2,1-3H3,(H,30,35). The topological polar surface area (TPSA) is 77.6 Å². The molecule has 1 unspecified atom stereocenters. The Hall–Kier alpha value is -2.92. The summed E-state index contributed by atoms with van der Waals surface area (Å²) in [5.74, 6) is 0.734. The molecular formula is C28H36ClN5O4S. The number of methoxy groups -OCH3 is 1. The van der Waals surface area contributed by atoms with Gasteiger partial charge in [0.1, 0.15) is 17.5 Å². The number of ether oxygens (including phenoxy) is 2. The van der Waals surface area contributed by atoms with Gasteiger partial charge in [0.25, 0.3) is 5.91 Å². The van der Waals surface area contributed by atoms with Crippen LogP contribution in [0.1, 0.15) is 19.8 Å². The fraction of sp³-hybridized carbons (Fsp3) is 0.464. The average Bonchev–Trinajstić information content (AvgIpc) is 3.16. The average molecular weight is 574 g/mol. The highest BCUT2D eigenvalue weighted by Crippen LogP contribution is 2.33. The number of likely N-dealkylation sites (N-methyl/N-ethyl adjacent to an activating group) is 1. The summed E-state index contributed by atoms with van der Waals surface area (Å²) in [7, 11) is 3.65. The van der Waals surface area contributed by atoms with Crippen LogP contribution < -0.4 is 19.7 Å². The van der Waals surface area contributed by atoms with Gasteiger partial charge in [-0.25, -0.2) is 0 Å². The van der Waals surface area contributed by atoms with Crippen LogP contribution in [0, 0.1) is 0 Å². The van der Waals surface area contributed by atoms with Crippen molar-refractivity contribution in [1.82, 2.24) is 14.7 Å². The molecule has 2 aromatic rings. The van der Waals surface area contributed by atoms with Crippen molar-refractivity contribution in [2.24, 2.45) is 0 Å². The van der Waals surface area contributed by atoms with Crippen LogP contribution in [0.3, 0.4) is 0 Å². The van der Waals surface area contributed by atoms with E-state index in [0.29, 0.717) is 40.4 Å². The molecule has 2 heterocycles. The summed E-state index contributed by atoms with van der Waals surface area (Å²) in [5, 5.41) is 3.65. The highest BCUT2D eigenvalue weighted by atomic mass is 35.5. The van der Waals surface area contributed by atoms with Gasteiger partial charge in [0, 0.05) is 45.0 Å². The summed E-state index contributed by atoms with van der Waals surface area (Å²) in [5.41, 5.74) is 1.19. The Labute approximate surface area is 240 Å². The summed E-state index contributed by atoms with van der Waals surface area (Å²) >= 11 is 12.2. The molecule has 0 saturated carbocycles. The predicted molar refractivity (Wildman–Crippen MR) is 158 cm³/mol. The van der Waals surface area contributed by atoms with Crippen molar-refractivity contribution in [1.29, 1.82) is 0 Å². The van der Waals surface area contributed by atoms with Crippen molar-refractivity contribution in [2.75, 3.05) is 70.2 Å². The Kier molecular flexibility index (Phi) is 10.0. The minimum absolute atomic E-state index is 0.0316. The zero-order valence-corrected chi connectivity index (χ0v) is 24.3. The second kappa shape index (κ2) is 13.4. The van der Waals surface area contributed by atoms with Crippen LogP contribution in [0.5, 0.6) is 11.5 Å². The van der Waals surface area contributed by atoms with Gasteiger partial charge in [-0.2, -0.15) is 0 Å². The van der Waals surface area contributed by atoms with Crippen LogP contribution in [-0.2, 0) is 9.59 Å². The molecule has 11 heteroatoms. The van der Waals surface area contributed by atoms with E-state index in [-0.39, 0.29) is 18.2 Å². The Bertz CT molecular complexity index is 1170. The van der Waals surface area contributed by atoms with Gasteiger partial charge in [0.2, 0.25) is 5.91 Å². The van der Waals surface area contributed by atoms with Gasteiger partial charge in [-0.1, -0.05) is 18.5 Å². The van der Waals surface area contributed by atoms with Gasteiger partial charge in [-0.05, 0) is 68.2 Å². The summed E-state index contributed by atoms with van der Waals surface area (Å²) in [6.45, 7) is 7.85. The zero-order chi connectivity index (χ0) is 27.9. The summed E-state index contributed by atoms with van der Waals surface area (Å²) in [6, 6.07) is 11.6. The molecule has 0 bridgehead atoms. The Morgan fingerprint density at radius 3 is 2.46 bits per heavy atom. The van der Waals surface area contributed by atoms with Gasteiger partial charge in [-0.15, -0.1) is 0 Å². The van der Waals surface area contributed by atoms with Gasteiger partial charge in [0.15, 0.2) is 5.11 Å². The molecule has 2 saturated heterocycles. The van der Waals surface area contributed by atoms with E-state index in [2.05, 4.69) is 22.2 Å². The van der Waals surface area contributed by atoms with Crippen molar-refractivity contribution in [2.45, 2.75) is 25.8 Å². The number of piperazine rings is 1. The molecule has 0 aromatic heterocycles. The Morgan fingerprint density at radius 1 is 1.10 bits per heavy atom. The zero-order valence-electron chi connectivity index (χ0n) is 22.7. The number of amides is 2. The van der Waals surface area contributed by atoms with E-state index in [4.69, 9.17) is 33.3 Å². The number of anilines is 2. The van der Waals surface area contributed by atoms with Crippen LogP contribution in [0.15, 0.2) is 42.5 Å². The van der Waals surface area contributed by atoms with Crippen LogP contribution in [0.4, 0.5) is 11.4 Å². The lowest BCUT2D eigenvalue weighted by Gasteiger charge is -2.34. The lowest BCUT2D eigenvalue weighted by atomic mass is 10.1. The van der Waals surface area contributed by atoms with E-state index in [1.54, 1.807) is 30.3 Å². The summed E-state index contributed by atoms with van der Waals surface area (Å²) in [6.07, 6.45) is 0.886. The number of benzene rings is 2. The number of hydrogen-bond acceptors (Lipinski definition) is 7. The smallest absolute Gasteiger partial charge is 0.256 e. The highest BCUT2D eigenvalue weighted by Gasteiger charge is 2.44. The first-order valence-electron chi connectivity index (χ1n) is 13.2. The molecule has 0 radical (unpaired) electrons. The second-order valence-corrected chi connectivity index (χ2v) is 10.5. The molecule has 9 nitrogen and oxygen atoms in total. The number of rotatable bonds is 11. The largest absolute Gasteiger partial charge is 0.495 e. The van der Waals surface area contributed by atoms with Crippen LogP contribution >= 0.6 is 23.8 Å². The number of halogens is 1. The molecule has 2 aliphatic heterocycles. The Balaban J connectivity index is 1.49. The molecule has 2 fully saturated rings. The van der Waals surface area contributed by atoms with Crippen molar-refractivity contribution >= 4 is 52.1 Å². The highest BCUT2D eigenvalue weighted by molar-refractivity contribution is 7.80. The number of nitrogens with one attached hydrogen (secondary N) is 1. The molecular weight excluding hydrogens is 538 g/mol. The van der Waals surface area contributed by atoms with Crippen molar-refractivity contribution in [3.05, 3.63) is 47.5 Å². The number of hydrogen-bond donors (Lipinski definition) is 1. The first-order valence-corrected chi connectivity index (χ1v) is 14.0. The van der Waals surface area contributed by atoms with Crippen molar-refractivity contribution in [3.63, 3.8) is 0 Å². The molecule has 1 N–H and O–H groups in total. The van der Waals surface area contributed by atoms with Gasteiger partial charge >= 0.3 is 0 Å². The number of carbonyl (C=O) groups excluding carboxylic acids is 2. The predicted octanol–water partition coefficient (Wildman–Crippen LogP) is 3.72.